The number of carbonyl (C=O) groups excluding carboxylic acids is 2. The molecular weight excluding hydrogens is 394 g/mol. The van der Waals surface area contributed by atoms with Gasteiger partial charge in [0.15, 0.2) is 0 Å². The van der Waals surface area contributed by atoms with Crippen LogP contribution in [0.1, 0.15) is 25.7 Å². The minimum absolute atomic E-state index is 0.0883. The maximum Gasteiger partial charge on any atom is 0.314 e. The summed E-state index contributed by atoms with van der Waals surface area (Å²) < 4.78 is 33.0. The molecule has 0 spiro atoms. The molecule has 0 bridgehead atoms. The number of anilines is 1. The van der Waals surface area contributed by atoms with Crippen molar-refractivity contribution >= 4 is 17.8 Å². The molecule has 3 N–H and O–H groups in total. The largest absolute Gasteiger partial charge is 0.496 e. The van der Waals surface area contributed by atoms with E-state index in [1.165, 1.54) is 32.4 Å². The molecule has 1 aromatic heterocycles. The van der Waals surface area contributed by atoms with Crippen LogP contribution in [0.2, 0.25) is 0 Å². The number of methoxy groups -OCH3 is 1. The highest BCUT2D eigenvalue weighted by Crippen LogP contribution is 2.33. The molecule has 1 heterocycles. The van der Waals surface area contributed by atoms with E-state index in [2.05, 4.69) is 20.9 Å². The molecule has 9 heteroatoms. The lowest BCUT2D eigenvalue weighted by molar-refractivity contribution is -0.121. The molecule has 2 unspecified atom stereocenters. The van der Waals surface area contributed by atoms with Gasteiger partial charge < -0.3 is 20.7 Å². The molecule has 2 atom stereocenters. The van der Waals surface area contributed by atoms with Crippen LogP contribution in [0.3, 0.4) is 0 Å². The van der Waals surface area contributed by atoms with E-state index in [1.54, 1.807) is 0 Å². The Kier molecular flexibility index (Phi) is 6.81. The fourth-order valence-electron chi connectivity index (χ4n) is 3.65. The Balaban J connectivity index is 1.75. The Morgan fingerprint density at radius 3 is 2.70 bits per heavy atom. The molecule has 1 aliphatic carbocycles. The van der Waals surface area contributed by atoms with Crippen LogP contribution in [-0.4, -0.2) is 37.1 Å². The Labute approximate surface area is 173 Å². The fraction of sp³-hybridized carbons (Fsp3) is 0.381. The summed E-state index contributed by atoms with van der Waals surface area (Å²) in [5, 5.41) is 8.06. The van der Waals surface area contributed by atoms with Crippen molar-refractivity contribution in [3.05, 3.63) is 42.1 Å². The zero-order chi connectivity index (χ0) is 21.7. The molecule has 3 amide bonds. The van der Waals surface area contributed by atoms with E-state index in [-0.39, 0.29) is 41.0 Å². The number of carbonyl (C=O) groups is 2. The van der Waals surface area contributed by atoms with Crippen molar-refractivity contribution in [2.75, 3.05) is 19.5 Å². The standard InChI is InChI=1S/C21H24F2N4O3/c1-24-21(29)26-14-5-3-4-12(8-14)20(28)27-19-10-16(17(23)11-25-19)15-7-6-13(22)9-18(15)30-2/h6-7,9-12,14H,3-5,8H2,1-2H3,(H2,24,26,29)(H,25,27,28). The first kappa shape index (κ1) is 21.5. The smallest absolute Gasteiger partial charge is 0.314 e. The van der Waals surface area contributed by atoms with Crippen LogP contribution in [0.5, 0.6) is 5.75 Å². The van der Waals surface area contributed by atoms with Crippen molar-refractivity contribution < 1.29 is 23.1 Å². The van der Waals surface area contributed by atoms with Crippen molar-refractivity contribution in [2.24, 2.45) is 5.92 Å². The summed E-state index contributed by atoms with van der Waals surface area (Å²) in [5.74, 6) is -1.30. The van der Waals surface area contributed by atoms with Gasteiger partial charge in [-0.2, -0.15) is 0 Å². The van der Waals surface area contributed by atoms with Crippen molar-refractivity contribution in [1.82, 2.24) is 15.6 Å². The van der Waals surface area contributed by atoms with E-state index in [9.17, 15) is 18.4 Å². The first-order chi connectivity index (χ1) is 14.4. The Hall–Kier alpha value is -3.23. The fourth-order valence-corrected chi connectivity index (χ4v) is 3.65. The zero-order valence-electron chi connectivity index (χ0n) is 16.8. The van der Waals surface area contributed by atoms with Gasteiger partial charge in [0.05, 0.1) is 13.3 Å². The number of urea groups is 1. The summed E-state index contributed by atoms with van der Waals surface area (Å²) in [4.78, 5) is 28.2. The number of aromatic nitrogens is 1. The molecule has 160 valence electrons. The molecule has 2 aromatic rings. The topological polar surface area (TPSA) is 92.4 Å². The molecule has 1 aromatic carbocycles. The van der Waals surface area contributed by atoms with Crippen LogP contribution < -0.4 is 20.7 Å². The number of pyridine rings is 1. The second-order valence-corrected chi connectivity index (χ2v) is 7.17. The number of nitrogens with one attached hydrogen (secondary N) is 3. The third kappa shape index (κ3) is 5.03. The van der Waals surface area contributed by atoms with E-state index in [0.717, 1.165) is 25.1 Å². The van der Waals surface area contributed by atoms with E-state index >= 15 is 0 Å². The lowest BCUT2D eigenvalue weighted by Gasteiger charge is -2.28. The van der Waals surface area contributed by atoms with E-state index in [4.69, 9.17) is 4.74 Å². The molecule has 3 rings (SSSR count). The highest BCUT2D eigenvalue weighted by atomic mass is 19.1. The van der Waals surface area contributed by atoms with E-state index in [0.29, 0.717) is 18.4 Å². The van der Waals surface area contributed by atoms with E-state index in [1.807, 2.05) is 0 Å². The second kappa shape index (κ2) is 9.51. The molecular formula is C21H24F2N4O3. The summed E-state index contributed by atoms with van der Waals surface area (Å²) in [6.45, 7) is 0. The van der Waals surface area contributed by atoms with Gasteiger partial charge in [0, 0.05) is 36.2 Å². The van der Waals surface area contributed by atoms with E-state index < -0.39 is 11.6 Å². The van der Waals surface area contributed by atoms with Crippen LogP contribution in [0.15, 0.2) is 30.5 Å². The highest BCUT2D eigenvalue weighted by Gasteiger charge is 2.28. The van der Waals surface area contributed by atoms with Crippen LogP contribution in [0, 0.1) is 17.6 Å². The molecule has 1 fully saturated rings. The van der Waals surface area contributed by atoms with Gasteiger partial charge in [0.2, 0.25) is 5.91 Å². The summed E-state index contributed by atoms with van der Waals surface area (Å²) >= 11 is 0. The molecule has 7 nitrogen and oxygen atoms in total. The summed E-state index contributed by atoms with van der Waals surface area (Å²) in [6.07, 6.45) is 3.82. The van der Waals surface area contributed by atoms with Gasteiger partial charge in [0.1, 0.15) is 23.2 Å². The number of nitrogens with zero attached hydrogens (tertiary/aromatic N) is 1. The zero-order valence-corrected chi connectivity index (χ0v) is 16.8. The van der Waals surface area contributed by atoms with Gasteiger partial charge >= 0.3 is 6.03 Å². The Bertz CT molecular complexity index is 938. The van der Waals surface area contributed by atoms with Gasteiger partial charge in [0.25, 0.3) is 0 Å². The third-order valence-corrected chi connectivity index (χ3v) is 5.17. The van der Waals surface area contributed by atoms with Gasteiger partial charge in [-0.05, 0) is 37.5 Å². The average molecular weight is 418 g/mol. The predicted molar refractivity (Wildman–Crippen MR) is 108 cm³/mol. The van der Waals surface area contributed by atoms with Gasteiger partial charge in [-0.1, -0.05) is 6.42 Å². The molecule has 0 saturated heterocycles. The SMILES string of the molecule is CNC(=O)NC1CCCC(C(=O)Nc2cc(-c3ccc(F)cc3OC)c(F)cn2)C1. The maximum atomic E-state index is 14.4. The van der Waals surface area contributed by atoms with Crippen LogP contribution in [0.25, 0.3) is 11.1 Å². The number of halogens is 2. The quantitative estimate of drug-likeness (QED) is 0.693. The molecule has 1 saturated carbocycles. The number of hydrogen-bond acceptors (Lipinski definition) is 4. The Morgan fingerprint density at radius 2 is 1.97 bits per heavy atom. The summed E-state index contributed by atoms with van der Waals surface area (Å²) in [6, 6.07) is 4.81. The van der Waals surface area contributed by atoms with Crippen molar-refractivity contribution in [3.63, 3.8) is 0 Å². The lowest BCUT2D eigenvalue weighted by atomic mass is 9.85. The number of hydrogen-bond donors (Lipinski definition) is 3. The lowest BCUT2D eigenvalue weighted by Crippen LogP contribution is -2.44. The monoisotopic (exact) mass is 418 g/mol. The first-order valence-electron chi connectivity index (χ1n) is 9.69. The minimum Gasteiger partial charge on any atom is -0.496 e. The molecule has 0 radical (unpaired) electrons. The second-order valence-electron chi connectivity index (χ2n) is 7.17. The maximum absolute atomic E-state index is 14.4. The summed E-state index contributed by atoms with van der Waals surface area (Å²) in [7, 11) is 2.91. The van der Waals surface area contributed by atoms with Gasteiger partial charge in [-0.15, -0.1) is 0 Å². The van der Waals surface area contributed by atoms with Gasteiger partial charge in [-0.3, -0.25) is 4.79 Å². The number of amides is 3. The first-order valence-corrected chi connectivity index (χ1v) is 9.69. The minimum atomic E-state index is -0.620. The normalized spacial score (nSPS) is 18.4. The number of ether oxygens (including phenoxy) is 1. The molecule has 1 aliphatic rings. The van der Waals surface area contributed by atoms with Crippen LogP contribution in [0.4, 0.5) is 19.4 Å². The predicted octanol–water partition coefficient (Wildman–Crippen LogP) is 3.46. The van der Waals surface area contributed by atoms with Crippen LogP contribution in [-0.2, 0) is 4.79 Å². The average Bonchev–Trinajstić information content (AvgIpc) is 2.75. The number of rotatable bonds is 5. The highest BCUT2D eigenvalue weighted by molar-refractivity contribution is 5.92. The van der Waals surface area contributed by atoms with Crippen molar-refractivity contribution in [1.29, 1.82) is 0 Å². The number of benzene rings is 1. The van der Waals surface area contributed by atoms with Gasteiger partial charge in [-0.25, -0.2) is 18.6 Å². The molecule has 30 heavy (non-hydrogen) atoms. The Morgan fingerprint density at radius 1 is 1.17 bits per heavy atom. The van der Waals surface area contributed by atoms with Crippen molar-refractivity contribution in [2.45, 2.75) is 31.7 Å². The van der Waals surface area contributed by atoms with Crippen molar-refractivity contribution in [3.8, 4) is 16.9 Å². The molecule has 0 aliphatic heterocycles. The third-order valence-electron chi connectivity index (χ3n) is 5.17. The summed E-state index contributed by atoms with van der Waals surface area (Å²) in [5.41, 5.74) is 0.488. The van der Waals surface area contributed by atoms with Crippen LogP contribution >= 0.6 is 0 Å².